The maximum atomic E-state index is 16.3. The summed E-state index contributed by atoms with van der Waals surface area (Å²) in [6, 6.07) is 4.78. The maximum absolute atomic E-state index is 16.3. The Labute approximate surface area is 301 Å². The molecule has 0 spiro atoms. The second kappa shape index (κ2) is 14.1. The van der Waals surface area contributed by atoms with Gasteiger partial charge in [-0.05, 0) is 37.6 Å². The van der Waals surface area contributed by atoms with E-state index in [1.54, 1.807) is 21.8 Å². The van der Waals surface area contributed by atoms with Crippen molar-refractivity contribution in [1.29, 1.82) is 0 Å². The number of ether oxygens (including phenoxy) is 2. The average Bonchev–Trinajstić information content (AvgIpc) is 3.74. The van der Waals surface area contributed by atoms with Gasteiger partial charge in [-0.25, -0.2) is 18.2 Å². The SMILES string of the molecule is C=CC(=O)N1C[C@H](C)n2nc(-c3nc(-c4cnc5c(c4)CN(CC(N)=O)CC5)c4scc(F)c4c3-c3c(F)cc(F)cc3OCCOC)cc2[C@H]1C. The van der Waals surface area contributed by atoms with Crippen LogP contribution in [0.2, 0.25) is 0 Å². The molecule has 2 atom stereocenters. The van der Waals surface area contributed by atoms with Crippen LogP contribution in [0.5, 0.6) is 5.75 Å². The van der Waals surface area contributed by atoms with Crippen LogP contribution in [0, 0.1) is 17.5 Å². The average molecular weight is 732 g/mol. The first kappa shape index (κ1) is 35.3. The summed E-state index contributed by atoms with van der Waals surface area (Å²) in [7, 11) is 1.47. The Morgan fingerprint density at radius 1 is 1.10 bits per heavy atom. The van der Waals surface area contributed by atoms with E-state index in [2.05, 4.69) is 6.58 Å². The van der Waals surface area contributed by atoms with E-state index in [9.17, 15) is 14.0 Å². The van der Waals surface area contributed by atoms with Crippen molar-refractivity contribution in [3.8, 4) is 39.5 Å². The van der Waals surface area contributed by atoms with E-state index >= 15 is 8.78 Å². The number of thiophene rings is 1. The molecule has 6 heterocycles. The van der Waals surface area contributed by atoms with Gasteiger partial charge in [-0.15, -0.1) is 11.3 Å². The number of pyridine rings is 2. The van der Waals surface area contributed by atoms with Gasteiger partial charge in [0, 0.05) is 79.1 Å². The van der Waals surface area contributed by atoms with Gasteiger partial charge < -0.3 is 20.1 Å². The van der Waals surface area contributed by atoms with E-state index in [-0.39, 0.29) is 65.4 Å². The summed E-state index contributed by atoms with van der Waals surface area (Å²) < 4.78 is 60.4. The fourth-order valence-corrected chi connectivity index (χ4v) is 8.02. The molecule has 1 aromatic carbocycles. The third-order valence-electron chi connectivity index (χ3n) is 9.50. The third-order valence-corrected chi connectivity index (χ3v) is 10.5. The zero-order valence-electron chi connectivity index (χ0n) is 28.8. The first-order valence-electron chi connectivity index (χ1n) is 16.7. The Bertz CT molecular complexity index is 2240. The molecule has 0 saturated heterocycles. The van der Waals surface area contributed by atoms with Crippen molar-refractivity contribution in [2.45, 2.75) is 38.9 Å². The number of primary amides is 1. The van der Waals surface area contributed by atoms with Crippen molar-refractivity contribution >= 4 is 33.2 Å². The highest BCUT2D eigenvalue weighted by Crippen LogP contribution is 2.48. The van der Waals surface area contributed by atoms with Gasteiger partial charge in [0.1, 0.15) is 41.2 Å². The lowest BCUT2D eigenvalue weighted by molar-refractivity contribution is -0.129. The van der Waals surface area contributed by atoms with Crippen LogP contribution in [0.4, 0.5) is 13.2 Å². The van der Waals surface area contributed by atoms with Gasteiger partial charge >= 0.3 is 0 Å². The lowest BCUT2D eigenvalue weighted by atomic mass is 9.94. The van der Waals surface area contributed by atoms with Crippen LogP contribution in [0.1, 0.15) is 42.9 Å². The number of fused-ring (bicyclic) bond motifs is 3. The quantitative estimate of drug-likeness (QED) is 0.141. The first-order valence-corrected chi connectivity index (χ1v) is 17.6. The Hall–Kier alpha value is -5.12. The minimum Gasteiger partial charge on any atom is -0.490 e. The number of carbonyl (C=O) groups is 2. The largest absolute Gasteiger partial charge is 0.490 e. The molecule has 0 fully saturated rings. The Balaban J connectivity index is 1.49. The van der Waals surface area contributed by atoms with Crippen LogP contribution < -0.4 is 10.5 Å². The Morgan fingerprint density at radius 3 is 2.65 bits per heavy atom. The minimum atomic E-state index is -0.978. The second-order valence-electron chi connectivity index (χ2n) is 12.9. The summed E-state index contributed by atoms with van der Waals surface area (Å²) in [6.07, 6.45) is 3.54. The number of benzene rings is 1. The molecule has 0 aliphatic carbocycles. The van der Waals surface area contributed by atoms with Crippen LogP contribution in [0.3, 0.4) is 0 Å². The van der Waals surface area contributed by atoms with Gasteiger partial charge in [0.05, 0.1) is 46.9 Å². The third kappa shape index (κ3) is 6.33. The van der Waals surface area contributed by atoms with Crippen molar-refractivity contribution in [2.24, 2.45) is 5.73 Å². The molecule has 4 aromatic heterocycles. The summed E-state index contributed by atoms with van der Waals surface area (Å²) in [4.78, 5) is 37.9. The Kier molecular flexibility index (Phi) is 9.59. The lowest BCUT2D eigenvalue weighted by Crippen LogP contribution is -2.42. The summed E-state index contributed by atoms with van der Waals surface area (Å²) in [5.74, 6) is -3.33. The predicted octanol–water partition coefficient (Wildman–Crippen LogP) is 5.82. The number of nitrogens with zero attached hydrogens (tertiary/aromatic N) is 6. The number of halogens is 3. The van der Waals surface area contributed by atoms with E-state index < -0.39 is 29.4 Å². The molecular formula is C37H36F3N7O4S. The number of carbonyl (C=O) groups excluding carboxylic acids is 2. The van der Waals surface area contributed by atoms with Gasteiger partial charge in [-0.3, -0.25) is 24.2 Å². The predicted molar refractivity (Wildman–Crippen MR) is 190 cm³/mol. The maximum Gasteiger partial charge on any atom is 0.246 e. The van der Waals surface area contributed by atoms with Crippen LogP contribution in [-0.2, 0) is 27.3 Å². The van der Waals surface area contributed by atoms with Crippen molar-refractivity contribution in [3.05, 3.63) is 82.9 Å². The van der Waals surface area contributed by atoms with Gasteiger partial charge in [-0.2, -0.15) is 5.10 Å². The molecular weight excluding hydrogens is 696 g/mol. The van der Waals surface area contributed by atoms with Crippen LogP contribution >= 0.6 is 11.3 Å². The smallest absolute Gasteiger partial charge is 0.246 e. The van der Waals surface area contributed by atoms with Crippen molar-refractivity contribution < 1.29 is 32.2 Å². The normalized spacial score (nSPS) is 17.2. The molecule has 2 N–H and O–H groups in total. The number of nitrogens with two attached hydrogens (primary N) is 1. The Morgan fingerprint density at radius 2 is 1.90 bits per heavy atom. The van der Waals surface area contributed by atoms with E-state index in [1.807, 2.05) is 24.8 Å². The van der Waals surface area contributed by atoms with Gasteiger partial charge in [0.2, 0.25) is 11.8 Å². The number of hydrogen-bond acceptors (Lipinski definition) is 9. The molecule has 2 amide bonds. The van der Waals surface area contributed by atoms with Gasteiger partial charge in [0.15, 0.2) is 0 Å². The molecule has 7 rings (SSSR count). The first-order chi connectivity index (χ1) is 25.0. The highest BCUT2D eigenvalue weighted by atomic mass is 32.1. The van der Waals surface area contributed by atoms with Crippen molar-refractivity contribution in [3.63, 3.8) is 0 Å². The number of hydrogen-bond donors (Lipinski definition) is 1. The van der Waals surface area contributed by atoms with Crippen LogP contribution in [0.15, 0.2) is 48.5 Å². The highest BCUT2D eigenvalue weighted by molar-refractivity contribution is 7.17. The summed E-state index contributed by atoms with van der Waals surface area (Å²) in [6.45, 7) is 9.04. The minimum absolute atomic E-state index is 0.0307. The standard InChI is InChI=1S/C37H36F3N7O4S/c1-5-31(49)46-15-19(2)47-28(20(46)3)13-27(44-47)36-34(32-24(39)11-23(38)12-29(32)51-9-8-50-4)33-25(40)18-52-37(33)35(43-36)21-10-22-16-45(17-30(41)48)7-6-26(22)42-14-21/h5,10-14,18-20H,1,6-9,15-17H2,2-4H3,(H2,41,48)/t19-,20+/m0/s1. The van der Waals surface area contributed by atoms with Gasteiger partial charge in [0.25, 0.3) is 0 Å². The number of amides is 2. The van der Waals surface area contributed by atoms with Crippen molar-refractivity contribution in [2.75, 3.05) is 40.0 Å². The van der Waals surface area contributed by atoms with Gasteiger partial charge in [-0.1, -0.05) is 6.58 Å². The van der Waals surface area contributed by atoms with E-state index in [0.29, 0.717) is 47.7 Å². The fourth-order valence-electron chi connectivity index (χ4n) is 7.08. The zero-order valence-corrected chi connectivity index (χ0v) is 29.6. The van der Waals surface area contributed by atoms with E-state index in [1.165, 1.54) is 18.6 Å². The highest BCUT2D eigenvalue weighted by Gasteiger charge is 2.35. The topological polar surface area (TPSA) is 129 Å². The molecule has 270 valence electrons. The molecule has 0 saturated carbocycles. The molecule has 0 unspecified atom stereocenters. The molecule has 0 radical (unpaired) electrons. The molecule has 0 bridgehead atoms. The molecule has 11 nitrogen and oxygen atoms in total. The lowest BCUT2D eigenvalue weighted by Gasteiger charge is -2.36. The van der Waals surface area contributed by atoms with Crippen LogP contribution in [-0.4, -0.2) is 81.3 Å². The second-order valence-corrected chi connectivity index (χ2v) is 13.8. The fraction of sp³-hybridized carbons (Fsp3) is 0.324. The molecule has 2 aliphatic heterocycles. The number of rotatable bonds is 10. The number of methoxy groups -OCH3 is 1. The summed E-state index contributed by atoms with van der Waals surface area (Å²) >= 11 is 1.09. The summed E-state index contributed by atoms with van der Waals surface area (Å²) in [5, 5.41) is 6.29. The molecule has 15 heteroatoms. The molecule has 52 heavy (non-hydrogen) atoms. The zero-order chi connectivity index (χ0) is 36.8. The van der Waals surface area contributed by atoms with Crippen molar-refractivity contribution in [1.82, 2.24) is 29.5 Å². The van der Waals surface area contributed by atoms with Crippen LogP contribution in [0.25, 0.3) is 43.9 Å². The number of aromatic nitrogens is 4. The van der Waals surface area contributed by atoms with E-state index in [4.69, 9.17) is 30.3 Å². The van der Waals surface area contributed by atoms with E-state index in [0.717, 1.165) is 34.7 Å². The summed E-state index contributed by atoms with van der Waals surface area (Å²) in [5.41, 5.74) is 9.11. The monoisotopic (exact) mass is 731 g/mol. The molecule has 2 aliphatic rings. The molecule has 5 aromatic rings.